The molecule has 2 atom stereocenters. The molecule has 2 aromatic carbocycles. The summed E-state index contributed by atoms with van der Waals surface area (Å²) in [6.07, 6.45) is 6.33. The van der Waals surface area contributed by atoms with Crippen molar-refractivity contribution in [1.82, 2.24) is 15.1 Å². The van der Waals surface area contributed by atoms with Gasteiger partial charge in [-0.3, -0.25) is 14.5 Å². The summed E-state index contributed by atoms with van der Waals surface area (Å²) in [7, 11) is 0. The van der Waals surface area contributed by atoms with Gasteiger partial charge in [0.05, 0.1) is 12.0 Å². The third kappa shape index (κ3) is 4.85. The predicted molar refractivity (Wildman–Crippen MR) is 148 cm³/mol. The van der Waals surface area contributed by atoms with E-state index in [1.807, 2.05) is 30.3 Å². The van der Waals surface area contributed by atoms with E-state index >= 15 is 0 Å². The Morgan fingerprint density at radius 3 is 2.57 bits per heavy atom. The molecule has 0 saturated heterocycles. The average Bonchev–Trinajstić information content (AvgIpc) is 3.66. The van der Waals surface area contributed by atoms with Crippen LogP contribution < -0.4 is 5.32 Å². The molecule has 5 nitrogen and oxygen atoms in total. The summed E-state index contributed by atoms with van der Waals surface area (Å²) in [5.41, 5.74) is 4.44. The normalized spacial score (nSPS) is 22.1. The van der Waals surface area contributed by atoms with Crippen LogP contribution in [0.15, 0.2) is 66.0 Å². The highest BCUT2D eigenvalue weighted by molar-refractivity contribution is 7.10. The number of rotatable bonds is 7. The Hall–Kier alpha value is -2.96. The Morgan fingerprint density at radius 2 is 1.76 bits per heavy atom. The maximum absolute atomic E-state index is 13.9. The van der Waals surface area contributed by atoms with Crippen molar-refractivity contribution in [2.45, 2.75) is 63.1 Å². The van der Waals surface area contributed by atoms with E-state index in [9.17, 15) is 9.59 Å². The molecule has 3 aliphatic rings. The molecule has 0 bridgehead atoms. The van der Waals surface area contributed by atoms with Gasteiger partial charge in [-0.15, -0.1) is 11.3 Å². The van der Waals surface area contributed by atoms with Gasteiger partial charge in [0.1, 0.15) is 0 Å². The highest BCUT2D eigenvalue weighted by Crippen LogP contribution is 2.47. The molecule has 0 spiro atoms. The molecule has 6 rings (SSSR count). The molecule has 192 valence electrons. The monoisotopic (exact) mass is 513 g/mol. The van der Waals surface area contributed by atoms with Crippen LogP contribution in [-0.4, -0.2) is 47.3 Å². The first-order valence-corrected chi connectivity index (χ1v) is 14.6. The smallest absolute Gasteiger partial charge is 0.254 e. The summed E-state index contributed by atoms with van der Waals surface area (Å²) < 4.78 is 0. The molecule has 1 saturated carbocycles. The number of benzene rings is 2. The van der Waals surface area contributed by atoms with E-state index in [1.165, 1.54) is 11.1 Å². The van der Waals surface area contributed by atoms with Crippen LogP contribution in [0.1, 0.15) is 76.0 Å². The number of hydrogen-bond donors (Lipinski definition) is 1. The van der Waals surface area contributed by atoms with E-state index in [0.717, 1.165) is 68.6 Å². The summed E-state index contributed by atoms with van der Waals surface area (Å²) in [6, 6.07) is 20.5. The molecular weight excluding hydrogens is 478 g/mol. The van der Waals surface area contributed by atoms with E-state index in [1.54, 1.807) is 11.3 Å². The summed E-state index contributed by atoms with van der Waals surface area (Å²) >= 11 is 1.65. The topological polar surface area (TPSA) is 52.7 Å². The zero-order chi connectivity index (χ0) is 25.2. The van der Waals surface area contributed by atoms with Crippen LogP contribution in [0.5, 0.6) is 0 Å². The third-order valence-corrected chi connectivity index (χ3v) is 9.31. The number of amides is 2. The maximum Gasteiger partial charge on any atom is 0.254 e. The molecule has 1 aromatic heterocycles. The second kappa shape index (κ2) is 10.8. The second-order valence-corrected chi connectivity index (χ2v) is 11.6. The van der Waals surface area contributed by atoms with Crippen LogP contribution in [0.3, 0.4) is 0 Å². The molecule has 37 heavy (non-hydrogen) atoms. The van der Waals surface area contributed by atoms with Gasteiger partial charge < -0.3 is 10.2 Å². The number of nitrogens with zero attached hydrogens (tertiary/aromatic N) is 2. The first-order valence-electron chi connectivity index (χ1n) is 13.7. The lowest BCUT2D eigenvalue weighted by Gasteiger charge is -2.44. The Kier molecular flexibility index (Phi) is 7.12. The van der Waals surface area contributed by atoms with Gasteiger partial charge in [0.2, 0.25) is 5.91 Å². The SMILES string of the molecule is O=C(NCCCN1CCc2ccccc2C1)[C@@H]1c2ccccc2C(=O)N(C2CCCC2)[C@@H]1c1cccs1. The highest BCUT2D eigenvalue weighted by atomic mass is 32.1. The summed E-state index contributed by atoms with van der Waals surface area (Å²) in [4.78, 5) is 33.3. The summed E-state index contributed by atoms with van der Waals surface area (Å²) in [5, 5.41) is 5.33. The molecule has 0 radical (unpaired) electrons. The lowest BCUT2D eigenvalue weighted by molar-refractivity contribution is -0.124. The Bertz CT molecular complexity index is 1250. The van der Waals surface area contributed by atoms with Crippen molar-refractivity contribution in [3.63, 3.8) is 0 Å². The third-order valence-electron chi connectivity index (χ3n) is 8.37. The number of thiophene rings is 1. The molecule has 2 amide bonds. The van der Waals surface area contributed by atoms with Gasteiger partial charge in [0, 0.05) is 42.7 Å². The molecule has 1 aliphatic carbocycles. The molecule has 6 heteroatoms. The Labute approximate surface area is 223 Å². The molecule has 1 N–H and O–H groups in total. The molecule has 2 aliphatic heterocycles. The van der Waals surface area contributed by atoms with E-state index in [-0.39, 0.29) is 23.9 Å². The van der Waals surface area contributed by atoms with Crippen molar-refractivity contribution in [3.05, 3.63) is 93.2 Å². The molecule has 0 unspecified atom stereocenters. The minimum Gasteiger partial charge on any atom is -0.355 e. The van der Waals surface area contributed by atoms with E-state index in [0.29, 0.717) is 12.1 Å². The first-order chi connectivity index (χ1) is 18.2. The van der Waals surface area contributed by atoms with Gasteiger partial charge >= 0.3 is 0 Å². The largest absolute Gasteiger partial charge is 0.355 e. The van der Waals surface area contributed by atoms with Crippen LogP contribution >= 0.6 is 11.3 Å². The van der Waals surface area contributed by atoms with E-state index in [4.69, 9.17) is 0 Å². The number of carbonyl (C=O) groups is 2. The fourth-order valence-electron chi connectivity index (χ4n) is 6.55. The first kappa shape index (κ1) is 24.4. The second-order valence-electron chi connectivity index (χ2n) is 10.6. The van der Waals surface area contributed by atoms with E-state index in [2.05, 4.69) is 50.8 Å². The Balaban J connectivity index is 1.19. The van der Waals surface area contributed by atoms with Gasteiger partial charge in [-0.2, -0.15) is 0 Å². The van der Waals surface area contributed by atoms with Gasteiger partial charge in [0.25, 0.3) is 5.91 Å². The molecule has 1 fully saturated rings. The molecular formula is C31H35N3O2S. The van der Waals surface area contributed by atoms with Crippen molar-refractivity contribution >= 4 is 23.2 Å². The predicted octanol–water partition coefficient (Wildman–Crippen LogP) is 5.54. The average molecular weight is 514 g/mol. The van der Waals surface area contributed by atoms with Crippen molar-refractivity contribution in [3.8, 4) is 0 Å². The number of fused-ring (bicyclic) bond motifs is 2. The van der Waals surface area contributed by atoms with E-state index < -0.39 is 5.92 Å². The van der Waals surface area contributed by atoms with Crippen LogP contribution in [0.25, 0.3) is 0 Å². The summed E-state index contributed by atoms with van der Waals surface area (Å²) in [6.45, 7) is 3.67. The van der Waals surface area contributed by atoms with Crippen LogP contribution in [0, 0.1) is 0 Å². The van der Waals surface area contributed by atoms with Gasteiger partial charge in [-0.1, -0.05) is 61.4 Å². The standard InChI is InChI=1S/C31H35N3O2S/c35-30(32-17-8-18-33-19-16-22-9-1-2-10-23(22)21-33)28-25-13-5-6-14-26(25)31(36)34(24-11-3-4-12-24)29(28)27-15-7-20-37-27/h1-2,5-7,9-10,13-15,20,24,28-29H,3-4,8,11-12,16-19,21H2,(H,32,35)/t28-,29-/m1/s1. The fourth-order valence-corrected chi connectivity index (χ4v) is 7.41. The number of nitrogens with one attached hydrogen (secondary N) is 1. The van der Waals surface area contributed by atoms with Crippen molar-refractivity contribution in [1.29, 1.82) is 0 Å². The lowest BCUT2D eigenvalue weighted by Crippen LogP contribution is -2.50. The minimum absolute atomic E-state index is 0.0327. The van der Waals surface area contributed by atoms with Crippen molar-refractivity contribution < 1.29 is 9.59 Å². The quantitative estimate of drug-likeness (QED) is 0.422. The molecule has 3 aromatic rings. The fraction of sp³-hybridized carbons (Fsp3) is 0.419. The minimum atomic E-state index is -0.394. The number of carbonyl (C=O) groups excluding carboxylic acids is 2. The zero-order valence-corrected chi connectivity index (χ0v) is 22.1. The van der Waals surface area contributed by atoms with Crippen LogP contribution in [0.4, 0.5) is 0 Å². The lowest BCUT2D eigenvalue weighted by atomic mass is 9.80. The van der Waals surface area contributed by atoms with Crippen molar-refractivity contribution in [2.24, 2.45) is 0 Å². The maximum atomic E-state index is 13.9. The molecule has 3 heterocycles. The van der Waals surface area contributed by atoms with Gasteiger partial charge in [-0.25, -0.2) is 0 Å². The Morgan fingerprint density at radius 1 is 0.973 bits per heavy atom. The van der Waals surface area contributed by atoms with Crippen LogP contribution in [0.2, 0.25) is 0 Å². The van der Waals surface area contributed by atoms with Gasteiger partial charge in [-0.05, 0) is 59.9 Å². The van der Waals surface area contributed by atoms with Gasteiger partial charge in [0.15, 0.2) is 0 Å². The zero-order valence-electron chi connectivity index (χ0n) is 21.3. The highest BCUT2D eigenvalue weighted by Gasteiger charge is 2.47. The summed E-state index contributed by atoms with van der Waals surface area (Å²) in [5.74, 6) is -0.282. The van der Waals surface area contributed by atoms with Crippen molar-refractivity contribution in [2.75, 3.05) is 19.6 Å². The number of hydrogen-bond acceptors (Lipinski definition) is 4. The van der Waals surface area contributed by atoms with Crippen LogP contribution in [-0.2, 0) is 17.8 Å².